The lowest BCUT2D eigenvalue weighted by Gasteiger charge is -2.29. The molecule has 0 radical (unpaired) electrons. The molecule has 3 atom stereocenters. The lowest BCUT2D eigenvalue weighted by molar-refractivity contribution is -0.132. The molecule has 0 aromatic carbocycles. The van der Waals surface area contributed by atoms with E-state index in [9.17, 15) is 4.79 Å². The van der Waals surface area contributed by atoms with Gasteiger partial charge in [0.05, 0.1) is 0 Å². The molecule has 1 saturated carbocycles. The molecular formula is C15H29N3O. The standard InChI is InChI=1S/C15H29N3O/c1-3-17(4-2)15(19)8-14(9-16)18-10-12-6-5-7-13(12)11-18/h12-14H,3-11,16H2,1-2H3. The summed E-state index contributed by atoms with van der Waals surface area (Å²) in [6.45, 7) is 8.62. The Morgan fingerprint density at radius 1 is 1.26 bits per heavy atom. The largest absolute Gasteiger partial charge is 0.343 e. The van der Waals surface area contributed by atoms with Gasteiger partial charge in [-0.1, -0.05) is 6.42 Å². The zero-order valence-corrected chi connectivity index (χ0v) is 12.5. The number of hydrogen-bond acceptors (Lipinski definition) is 3. The van der Waals surface area contributed by atoms with Crippen LogP contribution in [0.1, 0.15) is 39.5 Å². The summed E-state index contributed by atoms with van der Waals surface area (Å²) in [5.41, 5.74) is 5.92. The Balaban J connectivity index is 1.88. The average Bonchev–Trinajstić information content (AvgIpc) is 2.98. The van der Waals surface area contributed by atoms with Crippen LogP contribution in [0.25, 0.3) is 0 Å². The Hall–Kier alpha value is -0.610. The third-order valence-corrected chi connectivity index (χ3v) is 5.07. The zero-order chi connectivity index (χ0) is 13.8. The fourth-order valence-electron chi connectivity index (χ4n) is 3.84. The smallest absolute Gasteiger partial charge is 0.224 e. The van der Waals surface area contributed by atoms with Gasteiger partial charge in [0.1, 0.15) is 0 Å². The van der Waals surface area contributed by atoms with Gasteiger partial charge in [0, 0.05) is 45.2 Å². The average molecular weight is 267 g/mol. The van der Waals surface area contributed by atoms with Crippen molar-refractivity contribution in [2.24, 2.45) is 17.6 Å². The van der Waals surface area contributed by atoms with Crippen molar-refractivity contribution in [3.63, 3.8) is 0 Å². The SMILES string of the molecule is CCN(CC)C(=O)CC(CN)N1CC2CCCC2C1. The number of rotatable bonds is 6. The second-order valence-corrected chi connectivity index (χ2v) is 6.06. The number of likely N-dealkylation sites (tertiary alicyclic amines) is 1. The maximum absolute atomic E-state index is 12.2. The summed E-state index contributed by atoms with van der Waals surface area (Å²) in [6, 6.07) is 0.249. The summed E-state index contributed by atoms with van der Waals surface area (Å²) in [4.78, 5) is 16.6. The first-order chi connectivity index (χ1) is 9.19. The normalized spacial score (nSPS) is 28.4. The van der Waals surface area contributed by atoms with Crippen LogP contribution in [0.3, 0.4) is 0 Å². The molecule has 2 N–H and O–H groups in total. The zero-order valence-electron chi connectivity index (χ0n) is 12.5. The van der Waals surface area contributed by atoms with Crippen molar-refractivity contribution in [2.75, 3.05) is 32.7 Å². The Morgan fingerprint density at radius 3 is 2.32 bits per heavy atom. The molecule has 1 heterocycles. The molecule has 0 spiro atoms. The molecule has 1 aliphatic heterocycles. The monoisotopic (exact) mass is 267 g/mol. The molecule has 3 unspecified atom stereocenters. The maximum atomic E-state index is 12.2. The Labute approximate surface area is 117 Å². The van der Waals surface area contributed by atoms with Crippen molar-refractivity contribution in [3.05, 3.63) is 0 Å². The fourth-order valence-corrected chi connectivity index (χ4v) is 3.84. The third kappa shape index (κ3) is 3.29. The summed E-state index contributed by atoms with van der Waals surface area (Å²) in [5.74, 6) is 2.01. The topological polar surface area (TPSA) is 49.6 Å². The van der Waals surface area contributed by atoms with Crippen molar-refractivity contribution < 1.29 is 4.79 Å². The number of hydrogen-bond donors (Lipinski definition) is 1. The molecule has 4 nitrogen and oxygen atoms in total. The van der Waals surface area contributed by atoms with Crippen LogP contribution >= 0.6 is 0 Å². The van der Waals surface area contributed by atoms with Gasteiger partial charge in [-0.3, -0.25) is 9.69 Å². The summed E-state index contributed by atoms with van der Waals surface area (Å²) >= 11 is 0. The quantitative estimate of drug-likeness (QED) is 0.789. The first-order valence-corrected chi connectivity index (χ1v) is 7.91. The van der Waals surface area contributed by atoms with Crippen LogP contribution < -0.4 is 5.73 Å². The number of nitrogens with zero attached hydrogens (tertiary/aromatic N) is 2. The highest BCUT2D eigenvalue weighted by Crippen LogP contribution is 2.38. The molecule has 0 bridgehead atoms. The Kier molecular flexibility index (Phi) is 5.22. The summed E-state index contributed by atoms with van der Waals surface area (Å²) < 4.78 is 0. The van der Waals surface area contributed by atoms with E-state index in [1.54, 1.807) is 0 Å². The van der Waals surface area contributed by atoms with Crippen molar-refractivity contribution in [1.82, 2.24) is 9.80 Å². The highest BCUT2D eigenvalue weighted by molar-refractivity contribution is 5.76. The number of fused-ring (bicyclic) bond motifs is 1. The summed E-state index contributed by atoms with van der Waals surface area (Å²) in [6.07, 6.45) is 4.75. The van der Waals surface area contributed by atoms with E-state index >= 15 is 0 Å². The minimum Gasteiger partial charge on any atom is -0.343 e. The van der Waals surface area contributed by atoms with Gasteiger partial charge in [-0.25, -0.2) is 0 Å². The molecule has 0 aromatic heterocycles. The second-order valence-electron chi connectivity index (χ2n) is 6.06. The van der Waals surface area contributed by atoms with Gasteiger partial charge < -0.3 is 10.6 Å². The molecule has 4 heteroatoms. The van der Waals surface area contributed by atoms with Gasteiger partial charge in [0.2, 0.25) is 5.91 Å². The van der Waals surface area contributed by atoms with Crippen molar-refractivity contribution in [2.45, 2.75) is 45.6 Å². The second kappa shape index (κ2) is 6.71. The van der Waals surface area contributed by atoms with Crippen LogP contribution in [0.5, 0.6) is 0 Å². The number of carbonyl (C=O) groups is 1. The summed E-state index contributed by atoms with van der Waals surface area (Å²) in [5, 5.41) is 0. The number of carbonyl (C=O) groups excluding carboxylic acids is 1. The minimum absolute atomic E-state index is 0.249. The number of nitrogens with two attached hydrogens (primary N) is 1. The maximum Gasteiger partial charge on any atom is 0.224 e. The lowest BCUT2D eigenvalue weighted by Crippen LogP contribution is -2.44. The van der Waals surface area contributed by atoms with Gasteiger partial charge in [-0.05, 0) is 38.5 Å². The van der Waals surface area contributed by atoms with E-state index in [4.69, 9.17) is 5.73 Å². The highest BCUT2D eigenvalue weighted by Gasteiger charge is 2.38. The van der Waals surface area contributed by atoms with E-state index in [-0.39, 0.29) is 11.9 Å². The van der Waals surface area contributed by atoms with Crippen LogP contribution in [-0.2, 0) is 4.79 Å². The highest BCUT2D eigenvalue weighted by atomic mass is 16.2. The van der Waals surface area contributed by atoms with Crippen LogP contribution in [0.2, 0.25) is 0 Å². The van der Waals surface area contributed by atoms with E-state index in [1.807, 2.05) is 18.7 Å². The van der Waals surface area contributed by atoms with Gasteiger partial charge in [0.25, 0.3) is 0 Å². The molecule has 19 heavy (non-hydrogen) atoms. The lowest BCUT2D eigenvalue weighted by atomic mass is 10.0. The molecular weight excluding hydrogens is 238 g/mol. The van der Waals surface area contributed by atoms with Crippen molar-refractivity contribution in [3.8, 4) is 0 Å². The Morgan fingerprint density at radius 2 is 1.84 bits per heavy atom. The molecule has 110 valence electrons. The van der Waals surface area contributed by atoms with Gasteiger partial charge in [-0.15, -0.1) is 0 Å². The van der Waals surface area contributed by atoms with E-state index < -0.39 is 0 Å². The first-order valence-electron chi connectivity index (χ1n) is 7.91. The molecule has 1 amide bonds. The Bertz CT molecular complexity index is 292. The van der Waals surface area contributed by atoms with E-state index in [2.05, 4.69) is 4.90 Å². The van der Waals surface area contributed by atoms with Crippen molar-refractivity contribution >= 4 is 5.91 Å². The van der Waals surface area contributed by atoms with E-state index in [0.29, 0.717) is 13.0 Å². The van der Waals surface area contributed by atoms with Gasteiger partial charge in [0.15, 0.2) is 0 Å². The van der Waals surface area contributed by atoms with Crippen molar-refractivity contribution in [1.29, 1.82) is 0 Å². The molecule has 1 aliphatic carbocycles. The van der Waals surface area contributed by atoms with Crippen LogP contribution in [0.15, 0.2) is 0 Å². The molecule has 2 aliphatic rings. The van der Waals surface area contributed by atoms with Gasteiger partial charge >= 0.3 is 0 Å². The predicted molar refractivity (Wildman–Crippen MR) is 77.8 cm³/mol. The molecule has 2 rings (SSSR count). The predicted octanol–water partition coefficient (Wildman–Crippen LogP) is 1.30. The van der Waals surface area contributed by atoms with E-state index in [1.165, 1.54) is 19.3 Å². The fraction of sp³-hybridized carbons (Fsp3) is 0.933. The molecule has 0 aromatic rings. The number of amides is 1. The summed E-state index contributed by atoms with van der Waals surface area (Å²) in [7, 11) is 0. The van der Waals surface area contributed by atoms with Crippen LogP contribution in [0.4, 0.5) is 0 Å². The van der Waals surface area contributed by atoms with E-state index in [0.717, 1.165) is 38.0 Å². The van der Waals surface area contributed by atoms with Crippen LogP contribution in [-0.4, -0.2) is 54.5 Å². The first kappa shape index (κ1) is 14.8. The third-order valence-electron chi connectivity index (χ3n) is 5.07. The molecule has 1 saturated heterocycles. The molecule has 2 fully saturated rings. The van der Waals surface area contributed by atoms with Crippen LogP contribution in [0, 0.1) is 11.8 Å². The van der Waals surface area contributed by atoms with Gasteiger partial charge in [-0.2, -0.15) is 0 Å². The minimum atomic E-state index is 0.249.